The van der Waals surface area contributed by atoms with Crippen LogP contribution in [0.25, 0.3) is 0 Å². The number of rotatable bonds is 2. The maximum absolute atomic E-state index is 12.4. The molecule has 4 nitrogen and oxygen atoms in total. The summed E-state index contributed by atoms with van der Waals surface area (Å²) < 4.78 is 32.5. The second-order valence-corrected chi connectivity index (χ2v) is 6.29. The maximum Gasteiger partial charge on any atom is 0.139 e. The van der Waals surface area contributed by atoms with Gasteiger partial charge < -0.3 is 14.2 Å². The Balaban J connectivity index is 2.72. The summed E-state index contributed by atoms with van der Waals surface area (Å²) >= 11 is 0. The van der Waals surface area contributed by atoms with Gasteiger partial charge in [0.15, 0.2) is 0 Å². The lowest BCUT2D eigenvalue weighted by atomic mass is 10.3. The fourth-order valence-electron chi connectivity index (χ4n) is 1.56. The molecule has 0 saturated heterocycles. The van der Waals surface area contributed by atoms with Crippen molar-refractivity contribution in [3.63, 3.8) is 0 Å². The molecule has 2 rings (SSSR count). The van der Waals surface area contributed by atoms with Gasteiger partial charge in [0.05, 0.1) is 4.90 Å². The third kappa shape index (κ3) is 1.95. The van der Waals surface area contributed by atoms with E-state index in [4.69, 9.17) is 0 Å². The Labute approximate surface area is 98.6 Å². The average molecular weight is 252 g/mol. The smallest absolute Gasteiger partial charge is 0.139 e. The molecule has 0 atom stereocenters. The van der Waals surface area contributed by atoms with E-state index in [9.17, 15) is 18.4 Å². The Bertz CT molecular complexity index is 601. The molecule has 0 fully saturated rings. The normalized spacial score (nSPS) is 13.9. The molecular formula is C12H12O4S. The molecule has 0 aliphatic rings. The van der Waals surface area contributed by atoms with Gasteiger partial charge in [-0.3, -0.25) is 0 Å². The summed E-state index contributed by atoms with van der Waals surface area (Å²) in [7, 11) is -5.21. The zero-order valence-corrected chi connectivity index (χ0v) is 9.67. The second-order valence-electron chi connectivity index (χ2n) is 3.65. The summed E-state index contributed by atoms with van der Waals surface area (Å²) in [5, 5.41) is 9.58. The van der Waals surface area contributed by atoms with Crippen molar-refractivity contribution in [3.8, 4) is 5.75 Å². The summed E-state index contributed by atoms with van der Waals surface area (Å²) in [6.07, 6.45) is 0. The Morgan fingerprint density at radius 3 is 1.94 bits per heavy atom. The lowest BCUT2D eigenvalue weighted by Gasteiger charge is -2.31. The maximum atomic E-state index is 12.4. The van der Waals surface area contributed by atoms with Gasteiger partial charge in [0.2, 0.25) is 0 Å². The van der Waals surface area contributed by atoms with E-state index in [1.807, 2.05) is 0 Å². The van der Waals surface area contributed by atoms with Crippen LogP contribution < -0.4 is 0 Å². The fraction of sp³-hybridized carbons (Fsp3) is 0. The minimum atomic E-state index is -5.21. The minimum Gasteiger partial charge on any atom is -0.507 e. The van der Waals surface area contributed by atoms with Crippen molar-refractivity contribution in [3.05, 3.63) is 54.6 Å². The standard InChI is InChI=1S/C12H12O4S/c13-11-8-4-5-9-12(11)17(14,15,16)10-6-2-1-3-7-10/h1-9,13H,(H2,14,15,16). The molecule has 0 spiro atoms. The first-order chi connectivity index (χ1) is 7.90. The van der Waals surface area contributed by atoms with Crippen LogP contribution in [0.3, 0.4) is 0 Å². The Hall–Kier alpha value is -1.69. The molecule has 0 unspecified atom stereocenters. The molecule has 90 valence electrons. The minimum absolute atomic E-state index is 0.147. The lowest BCUT2D eigenvalue weighted by Crippen LogP contribution is -2.31. The van der Waals surface area contributed by atoms with Crippen LogP contribution in [0.2, 0.25) is 0 Å². The molecule has 0 saturated carbocycles. The van der Waals surface area contributed by atoms with Crippen LogP contribution in [-0.2, 0) is 9.63 Å². The average Bonchev–Trinajstić information content (AvgIpc) is 2.30. The molecule has 0 bridgehead atoms. The molecule has 0 aliphatic carbocycles. The number of hydrogen-bond acceptors (Lipinski definition) is 2. The summed E-state index contributed by atoms with van der Waals surface area (Å²) in [6.45, 7) is 0. The first-order valence-electron chi connectivity index (χ1n) is 4.90. The quantitative estimate of drug-likeness (QED) is 0.767. The molecule has 3 N–H and O–H groups in total. The number of hydrogen-bond donors (Lipinski definition) is 3. The van der Waals surface area contributed by atoms with Crippen LogP contribution in [0.1, 0.15) is 0 Å². The van der Waals surface area contributed by atoms with Gasteiger partial charge in [-0.2, -0.15) is 0 Å². The Morgan fingerprint density at radius 2 is 1.35 bits per heavy atom. The predicted octanol–water partition coefficient (Wildman–Crippen LogP) is 2.58. The van der Waals surface area contributed by atoms with E-state index < -0.39 is 20.3 Å². The van der Waals surface area contributed by atoms with Gasteiger partial charge in [0.25, 0.3) is 0 Å². The largest absolute Gasteiger partial charge is 0.507 e. The first kappa shape index (κ1) is 11.8. The zero-order chi connectivity index (χ0) is 12.5. The molecule has 0 heterocycles. The van der Waals surface area contributed by atoms with Gasteiger partial charge in [-0.1, -0.05) is 30.3 Å². The fourth-order valence-corrected chi connectivity index (χ4v) is 3.23. The van der Waals surface area contributed by atoms with Crippen LogP contribution in [0.15, 0.2) is 64.4 Å². The number of phenolic OH excluding ortho intramolecular Hbond substituents is 1. The molecule has 0 amide bonds. The Kier molecular flexibility index (Phi) is 2.54. The van der Waals surface area contributed by atoms with Crippen molar-refractivity contribution in [2.24, 2.45) is 0 Å². The molecule has 2 aromatic carbocycles. The van der Waals surface area contributed by atoms with Gasteiger partial charge in [0, 0.05) is 0 Å². The summed E-state index contributed by atoms with van der Waals surface area (Å²) in [6, 6.07) is 12.9. The Morgan fingerprint density at radius 1 is 0.824 bits per heavy atom. The highest BCUT2D eigenvalue weighted by atomic mass is 32.3. The SMILES string of the molecule is O=S(O)(O)(c1ccccc1)c1ccccc1O. The number of para-hydroxylation sites is 1. The molecule has 0 aliphatic heterocycles. The highest BCUT2D eigenvalue weighted by Crippen LogP contribution is 2.41. The zero-order valence-electron chi connectivity index (χ0n) is 8.85. The van der Waals surface area contributed by atoms with Crippen LogP contribution in [-0.4, -0.2) is 18.4 Å². The van der Waals surface area contributed by atoms with E-state index in [-0.39, 0.29) is 4.90 Å². The van der Waals surface area contributed by atoms with Crippen molar-refractivity contribution in [2.75, 3.05) is 0 Å². The van der Waals surface area contributed by atoms with Gasteiger partial charge in [-0.15, -0.1) is 0 Å². The van der Waals surface area contributed by atoms with E-state index in [1.54, 1.807) is 6.07 Å². The molecule has 0 aromatic heterocycles. The number of benzene rings is 2. The van der Waals surface area contributed by atoms with Crippen molar-refractivity contribution in [2.45, 2.75) is 9.79 Å². The van der Waals surface area contributed by atoms with Crippen molar-refractivity contribution in [1.29, 1.82) is 0 Å². The van der Waals surface area contributed by atoms with E-state index in [1.165, 1.54) is 48.5 Å². The lowest BCUT2D eigenvalue weighted by molar-refractivity contribution is 0.379. The third-order valence-electron chi connectivity index (χ3n) is 2.43. The summed E-state index contributed by atoms with van der Waals surface area (Å²) in [5.74, 6) is -0.418. The van der Waals surface area contributed by atoms with Crippen LogP contribution in [0, 0.1) is 0 Å². The van der Waals surface area contributed by atoms with E-state index >= 15 is 0 Å². The monoisotopic (exact) mass is 252 g/mol. The van der Waals surface area contributed by atoms with Crippen LogP contribution in [0.4, 0.5) is 0 Å². The molecule has 2 aromatic rings. The molecule has 17 heavy (non-hydrogen) atoms. The van der Waals surface area contributed by atoms with Crippen molar-refractivity contribution in [1.82, 2.24) is 0 Å². The van der Waals surface area contributed by atoms with E-state index in [0.717, 1.165) is 0 Å². The highest BCUT2D eigenvalue weighted by Gasteiger charge is 2.37. The van der Waals surface area contributed by atoms with Gasteiger partial charge in [-0.25, -0.2) is 4.21 Å². The number of phenols is 1. The topological polar surface area (TPSA) is 77.8 Å². The first-order valence-corrected chi connectivity index (χ1v) is 6.78. The van der Waals surface area contributed by atoms with E-state index in [0.29, 0.717) is 0 Å². The molecular weight excluding hydrogens is 240 g/mol. The number of aromatic hydroxyl groups is 1. The summed E-state index contributed by atoms with van der Waals surface area (Å²) in [5.41, 5.74) is 0. The predicted molar refractivity (Wildman–Crippen MR) is 64.5 cm³/mol. The third-order valence-corrected chi connectivity index (χ3v) is 4.69. The van der Waals surface area contributed by atoms with Crippen LogP contribution >= 0.6 is 0 Å². The van der Waals surface area contributed by atoms with E-state index in [2.05, 4.69) is 0 Å². The van der Waals surface area contributed by atoms with Gasteiger partial charge in [-0.05, 0) is 24.3 Å². The molecule has 5 heteroatoms. The van der Waals surface area contributed by atoms with Gasteiger partial charge >= 0.3 is 0 Å². The van der Waals surface area contributed by atoms with Crippen LogP contribution in [0.5, 0.6) is 5.75 Å². The second kappa shape index (κ2) is 3.66. The summed E-state index contributed by atoms with van der Waals surface area (Å²) in [4.78, 5) is -0.540. The van der Waals surface area contributed by atoms with Crippen molar-refractivity contribution < 1.29 is 18.4 Å². The highest BCUT2D eigenvalue weighted by molar-refractivity contribution is 8.10. The molecule has 0 radical (unpaired) electrons. The van der Waals surface area contributed by atoms with Gasteiger partial charge in [0.1, 0.15) is 20.3 Å². The van der Waals surface area contributed by atoms with Crippen molar-refractivity contribution >= 4 is 9.63 Å².